The molecular formula is C20H18FNO2S. The van der Waals surface area contributed by atoms with E-state index in [9.17, 15) is 12.8 Å². The van der Waals surface area contributed by atoms with Crippen LogP contribution in [0.1, 0.15) is 17.2 Å². The van der Waals surface area contributed by atoms with E-state index >= 15 is 0 Å². The minimum Gasteiger partial charge on any atom is -0.207 e. The van der Waals surface area contributed by atoms with Gasteiger partial charge < -0.3 is 0 Å². The van der Waals surface area contributed by atoms with E-state index in [1.807, 2.05) is 60.7 Å². The van der Waals surface area contributed by atoms with Crippen LogP contribution in [0.3, 0.4) is 0 Å². The molecule has 0 amide bonds. The van der Waals surface area contributed by atoms with Crippen LogP contribution in [-0.4, -0.2) is 19.8 Å². The van der Waals surface area contributed by atoms with Crippen LogP contribution in [0.15, 0.2) is 89.8 Å². The Morgan fingerprint density at radius 3 is 1.64 bits per heavy atom. The van der Waals surface area contributed by atoms with Crippen molar-refractivity contribution in [3.8, 4) is 0 Å². The third-order valence-electron chi connectivity index (χ3n) is 4.08. The van der Waals surface area contributed by atoms with Crippen LogP contribution in [0.5, 0.6) is 0 Å². The molecule has 0 saturated heterocycles. The first-order valence-corrected chi connectivity index (χ1v) is 9.27. The van der Waals surface area contributed by atoms with Crippen LogP contribution in [0.25, 0.3) is 0 Å². The van der Waals surface area contributed by atoms with Crippen LogP contribution in [0.2, 0.25) is 0 Å². The van der Waals surface area contributed by atoms with E-state index in [1.54, 1.807) is 7.05 Å². The van der Waals surface area contributed by atoms with Crippen molar-refractivity contribution >= 4 is 10.0 Å². The average Bonchev–Trinajstić information content (AvgIpc) is 2.64. The molecule has 0 heterocycles. The summed E-state index contributed by atoms with van der Waals surface area (Å²) in [6, 6.07) is 23.3. The topological polar surface area (TPSA) is 37.4 Å². The Hall–Kier alpha value is -2.50. The van der Waals surface area contributed by atoms with Gasteiger partial charge in [-0.15, -0.1) is 0 Å². The fraction of sp³-hybridized carbons (Fsp3) is 0.100. The Labute approximate surface area is 147 Å². The van der Waals surface area contributed by atoms with E-state index in [-0.39, 0.29) is 4.90 Å². The molecule has 128 valence electrons. The molecule has 3 aromatic rings. The first-order valence-electron chi connectivity index (χ1n) is 7.83. The zero-order chi connectivity index (χ0) is 17.9. The maximum atomic E-state index is 13.2. The Balaban J connectivity index is 2.08. The molecule has 0 spiro atoms. The highest BCUT2D eigenvalue weighted by molar-refractivity contribution is 7.89. The number of sulfonamides is 1. The Kier molecular flexibility index (Phi) is 4.97. The van der Waals surface area contributed by atoms with Crippen LogP contribution in [0.4, 0.5) is 4.39 Å². The zero-order valence-electron chi connectivity index (χ0n) is 13.7. The average molecular weight is 355 g/mol. The third-order valence-corrected chi connectivity index (χ3v) is 5.92. The molecule has 0 unspecified atom stereocenters. The largest absolute Gasteiger partial charge is 0.243 e. The number of benzene rings is 3. The second kappa shape index (κ2) is 7.17. The molecule has 0 fully saturated rings. The van der Waals surface area contributed by atoms with E-state index in [0.717, 1.165) is 23.3 Å². The summed E-state index contributed by atoms with van der Waals surface area (Å²) >= 11 is 0. The molecule has 3 rings (SSSR count). The van der Waals surface area contributed by atoms with Gasteiger partial charge in [-0.05, 0) is 35.4 Å². The standard InChI is InChI=1S/C20H18FNO2S/c1-22(25(23,24)19-14-12-18(21)13-15-19)20(16-8-4-2-5-9-16)17-10-6-3-7-11-17/h2-15,20H,1H3. The monoisotopic (exact) mass is 355 g/mol. The summed E-state index contributed by atoms with van der Waals surface area (Å²) in [6.45, 7) is 0. The first-order chi connectivity index (χ1) is 12.0. The van der Waals surface area contributed by atoms with Crippen molar-refractivity contribution in [1.82, 2.24) is 4.31 Å². The van der Waals surface area contributed by atoms with Gasteiger partial charge in [0.2, 0.25) is 10.0 Å². The summed E-state index contributed by atoms with van der Waals surface area (Å²) in [6.07, 6.45) is 0. The molecule has 0 atom stereocenters. The van der Waals surface area contributed by atoms with Gasteiger partial charge in [-0.3, -0.25) is 0 Å². The van der Waals surface area contributed by atoms with Crippen molar-refractivity contribution in [2.45, 2.75) is 10.9 Å². The number of halogens is 1. The highest BCUT2D eigenvalue weighted by Crippen LogP contribution is 2.31. The quantitative estimate of drug-likeness (QED) is 0.687. The lowest BCUT2D eigenvalue weighted by Crippen LogP contribution is -2.32. The highest BCUT2D eigenvalue weighted by Gasteiger charge is 2.30. The van der Waals surface area contributed by atoms with Crippen molar-refractivity contribution in [3.05, 3.63) is 102 Å². The minimum atomic E-state index is -3.78. The number of hydrogen-bond donors (Lipinski definition) is 0. The van der Waals surface area contributed by atoms with Crippen molar-refractivity contribution < 1.29 is 12.8 Å². The predicted molar refractivity (Wildman–Crippen MR) is 96.1 cm³/mol. The second-order valence-corrected chi connectivity index (χ2v) is 7.70. The summed E-state index contributed by atoms with van der Waals surface area (Å²) in [5.74, 6) is -0.468. The Morgan fingerprint density at radius 1 is 0.760 bits per heavy atom. The van der Waals surface area contributed by atoms with E-state index in [1.165, 1.54) is 16.4 Å². The Morgan fingerprint density at radius 2 is 1.20 bits per heavy atom. The molecule has 5 heteroatoms. The molecule has 0 saturated carbocycles. The van der Waals surface area contributed by atoms with Gasteiger partial charge >= 0.3 is 0 Å². The van der Waals surface area contributed by atoms with Crippen LogP contribution in [-0.2, 0) is 10.0 Å². The fourth-order valence-corrected chi connectivity index (χ4v) is 4.13. The van der Waals surface area contributed by atoms with Gasteiger partial charge in [0, 0.05) is 7.05 Å². The van der Waals surface area contributed by atoms with Crippen LogP contribution < -0.4 is 0 Å². The minimum absolute atomic E-state index is 0.0632. The summed E-state index contributed by atoms with van der Waals surface area (Å²) in [5, 5.41) is 0. The molecule has 3 nitrogen and oxygen atoms in total. The molecule has 0 aromatic heterocycles. The molecule has 0 aliphatic rings. The van der Waals surface area contributed by atoms with Crippen LogP contribution in [0, 0.1) is 5.82 Å². The lowest BCUT2D eigenvalue weighted by atomic mass is 9.99. The second-order valence-electron chi connectivity index (χ2n) is 5.70. The van der Waals surface area contributed by atoms with Crippen molar-refractivity contribution in [1.29, 1.82) is 0 Å². The lowest BCUT2D eigenvalue weighted by Gasteiger charge is -2.28. The van der Waals surface area contributed by atoms with E-state index in [2.05, 4.69) is 0 Å². The third kappa shape index (κ3) is 3.62. The molecular weight excluding hydrogens is 337 g/mol. The van der Waals surface area contributed by atoms with Gasteiger partial charge in [-0.25, -0.2) is 12.8 Å². The molecule has 0 N–H and O–H groups in total. The summed E-state index contributed by atoms with van der Waals surface area (Å²) < 4.78 is 40.6. The molecule has 0 bridgehead atoms. The van der Waals surface area contributed by atoms with Gasteiger partial charge in [-0.2, -0.15) is 4.31 Å². The number of hydrogen-bond acceptors (Lipinski definition) is 2. The van der Waals surface area contributed by atoms with Gasteiger partial charge in [0.1, 0.15) is 5.82 Å². The van der Waals surface area contributed by atoms with E-state index in [4.69, 9.17) is 0 Å². The van der Waals surface area contributed by atoms with Crippen LogP contribution >= 0.6 is 0 Å². The van der Waals surface area contributed by atoms with Crippen molar-refractivity contribution in [2.75, 3.05) is 7.05 Å². The van der Waals surface area contributed by atoms with E-state index in [0.29, 0.717) is 0 Å². The normalized spacial score (nSPS) is 11.8. The first kappa shape index (κ1) is 17.3. The SMILES string of the molecule is CN(C(c1ccccc1)c1ccccc1)S(=O)(=O)c1ccc(F)cc1. The summed E-state index contributed by atoms with van der Waals surface area (Å²) in [5.41, 5.74) is 1.73. The molecule has 0 aliphatic carbocycles. The Bertz CT molecular complexity index is 887. The molecule has 0 radical (unpaired) electrons. The fourth-order valence-electron chi connectivity index (χ4n) is 2.79. The smallest absolute Gasteiger partial charge is 0.207 e. The van der Waals surface area contributed by atoms with Gasteiger partial charge in [0.05, 0.1) is 10.9 Å². The molecule has 0 aliphatic heterocycles. The van der Waals surface area contributed by atoms with Crippen molar-refractivity contribution in [2.24, 2.45) is 0 Å². The predicted octanol–water partition coefficient (Wildman–Crippen LogP) is 4.24. The highest BCUT2D eigenvalue weighted by atomic mass is 32.2. The van der Waals surface area contributed by atoms with Gasteiger partial charge in [0.25, 0.3) is 0 Å². The van der Waals surface area contributed by atoms with E-state index < -0.39 is 21.9 Å². The van der Waals surface area contributed by atoms with Gasteiger partial charge in [0.15, 0.2) is 0 Å². The molecule has 25 heavy (non-hydrogen) atoms. The number of rotatable bonds is 5. The van der Waals surface area contributed by atoms with Crippen molar-refractivity contribution in [3.63, 3.8) is 0 Å². The van der Waals surface area contributed by atoms with Gasteiger partial charge in [-0.1, -0.05) is 60.7 Å². The lowest BCUT2D eigenvalue weighted by molar-refractivity contribution is 0.418. The summed E-state index contributed by atoms with van der Waals surface area (Å²) in [4.78, 5) is 0.0632. The molecule has 3 aromatic carbocycles. The maximum Gasteiger partial charge on any atom is 0.243 e. The number of nitrogens with zero attached hydrogens (tertiary/aromatic N) is 1. The summed E-state index contributed by atoms with van der Waals surface area (Å²) in [7, 11) is -2.24. The maximum absolute atomic E-state index is 13.2. The zero-order valence-corrected chi connectivity index (χ0v) is 14.5.